The summed E-state index contributed by atoms with van der Waals surface area (Å²) in [5.41, 5.74) is 5.94. The summed E-state index contributed by atoms with van der Waals surface area (Å²) in [6, 6.07) is 10.2. The molecule has 92 valence electrons. The Morgan fingerprint density at radius 3 is 2.59 bits per heavy atom. The Kier molecular flexibility index (Phi) is 3.17. The Morgan fingerprint density at radius 2 is 2.06 bits per heavy atom. The molecule has 1 unspecified atom stereocenters. The summed E-state index contributed by atoms with van der Waals surface area (Å²) in [6.07, 6.45) is 0. The molecule has 1 atom stereocenters. The zero-order valence-corrected chi connectivity index (χ0v) is 9.97. The van der Waals surface area contributed by atoms with Gasteiger partial charge >= 0.3 is 5.97 Å². The molecular formula is C13H18N2O2. The molecule has 0 amide bonds. The smallest absolute Gasteiger partial charge is 0.323 e. The molecule has 4 nitrogen and oxygen atoms in total. The van der Waals surface area contributed by atoms with Gasteiger partial charge in [0.05, 0.1) is 0 Å². The van der Waals surface area contributed by atoms with E-state index in [1.165, 1.54) is 5.56 Å². The number of rotatable bonds is 4. The van der Waals surface area contributed by atoms with Crippen molar-refractivity contribution in [3.8, 4) is 0 Å². The number of aliphatic carboxylic acids is 1. The number of carboxylic acids is 1. The van der Waals surface area contributed by atoms with Gasteiger partial charge in [-0.2, -0.15) is 0 Å². The predicted octanol–water partition coefficient (Wildman–Crippen LogP) is 0.920. The number of benzene rings is 1. The minimum atomic E-state index is -1.10. The van der Waals surface area contributed by atoms with Gasteiger partial charge < -0.3 is 10.8 Å². The van der Waals surface area contributed by atoms with Gasteiger partial charge in [0.25, 0.3) is 0 Å². The Labute approximate surface area is 101 Å². The highest BCUT2D eigenvalue weighted by molar-refractivity contribution is 5.78. The van der Waals surface area contributed by atoms with Gasteiger partial charge in [0.15, 0.2) is 0 Å². The normalized spacial score (nSPS) is 20.6. The van der Waals surface area contributed by atoms with Gasteiger partial charge in [0, 0.05) is 25.6 Å². The highest BCUT2D eigenvalue weighted by Crippen LogP contribution is 2.27. The number of likely N-dealkylation sites (tertiary alicyclic amines) is 1. The van der Waals surface area contributed by atoms with Crippen molar-refractivity contribution in [1.82, 2.24) is 4.90 Å². The Morgan fingerprint density at radius 1 is 1.47 bits per heavy atom. The molecule has 3 N–H and O–H groups in total. The first-order valence-corrected chi connectivity index (χ1v) is 5.78. The molecule has 1 aliphatic heterocycles. The summed E-state index contributed by atoms with van der Waals surface area (Å²) in [7, 11) is 0. The van der Waals surface area contributed by atoms with Crippen molar-refractivity contribution < 1.29 is 9.90 Å². The van der Waals surface area contributed by atoms with Gasteiger partial charge in [-0.1, -0.05) is 30.3 Å². The number of carboxylic acid groups (broad SMARTS) is 1. The van der Waals surface area contributed by atoms with E-state index in [0.29, 0.717) is 0 Å². The van der Waals surface area contributed by atoms with Gasteiger partial charge in [0.1, 0.15) is 5.54 Å². The van der Waals surface area contributed by atoms with Crippen molar-refractivity contribution in [2.45, 2.75) is 19.0 Å². The zero-order valence-electron chi connectivity index (χ0n) is 9.97. The van der Waals surface area contributed by atoms with Crippen LogP contribution in [0.2, 0.25) is 0 Å². The molecule has 0 aliphatic carbocycles. The van der Waals surface area contributed by atoms with E-state index in [2.05, 4.69) is 17.0 Å². The third-order valence-corrected chi connectivity index (χ3v) is 3.52. The minimum Gasteiger partial charge on any atom is -0.480 e. The largest absolute Gasteiger partial charge is 0.480 e. The molecule has 1 heterocycles. The fourth-order valence-electron chi connectivity index (χ4n) is 2.09. The highest BCUT2D eigenvalue weighted by Gasteiger charge is 2.44. The van der Waals surface area contributed by atoms with Crippen molar-refractivity contribution in [3.05, 3.63) is 35.9 Å². The topological polar surface area (TPSA) is 66.6 Å². The molecule has 0 aromatic heterocycles. The summed E-state index contributed by atoms with van der Waals surface area (Å²) in [4.78, 5) is 13.2. The second kappa shape index (κ2) is 4.47. The number of nitrogens with two attached hydrogens (primary N) is 1. The lowest BCUT2D eigenvalue weighted by Gasteiger charge is -2.45. The molecule has 0 bridgehead atoms. The summed E-state index contributed by atoms with van der Waals surface area (Å²) < 4.78 is 0. The van der Waals surface area contributed by atoms with Crippen molar-refractivity contribution in [3.63, 3.8) is 0 Å². The van der Waals surface area contributed by atoms with Crippen LogP contribution in [-0.2, 0) is 11.3 Å². The van der Waals surface area contributed by atoms with Crippen LogP contribution in [0, 0.1) is 5.92 Å². The Bertz CT molecular complexity index is 397. The lowest BCUT2D eigenvalue weighted by molar-refractivity contribution is -0.147. The van der Waals surface area contributed by atoms with Crippen molar-refractivity contribution >= 4 is 5.97 Å². The summed E-state index contributed by atoms with van der Waals surface area (Å²) >= 11 is 0. The van der Waals surface area contributed by atoms with E-state index in [1.54, 1.807) is 6.92 Å². The van der Waals surface area contributed by atoms with Crippen LogP contribution in [0.25, 0.3) is 0 Å². The second-order valence-corrected chi connectivity index (χ2v) is 4.96. The van der Waals surface area contributed by atoms with Crippen molar-refractivity contribution in [2.24, 2.45) is 11.7 Å². The molecule has 0 radical (unpaired) electrons. The van der Waals surface area contributed by atoms with Crippen LogP contribution in [0.1, 0.15) is 12.5 Å². The molecule has 1 fully saturated rings. The first-order chi connectivity index (χ1) is 8.00. The number of hydrogen-bond acceptors (Lipinski definition) is 3. The second-order valence-electron chi connectivity index (χ2n) is 4.96. The van der Waals surface area contributed by atoms with Crippen LogP contribution in [0.4, 0.5) is 0 Å². The molecule has 2 rings (SSSR count). The molecule has 1 aliphatic rings. The first kappa shape index (κ1) is 12.1. The van der Waals surface area contributed by atoms with Crippen LogP contribution < -0.4 is 5.73 Å². The third kappa shape index (κ3) is 2.48. The monoisotopic (exact) mass is 234 g/mol. The lowest BCUT2D eigenvalue weighted by Crippen LogP contribution is -2.63. The zero-order chi connectivity index (χ0) is 12.5. The third-order valence-electron chi connectivity index (χ3n) is 3.52. The van der Waals surface area contributed by atoms with Crippen LogP contribution >= 0.6 is 0 Å². The SMILES string of the molecule is CC(N)(C(=O)O)C1CN(Cc2ccccc2)C1. The van der Waals surface area contributed by atoms with E-state index in [1.807, 2.05) is 18.2 Å². The Balaban J connectivity index is 1.86. The van der Waals surface area contributed by atoms with Gasteiger partial charge in [0.2, 0.25) is 0 Å². The fraction of sp³-hybridized carbons (Fsp3) is 0.462. The van der Waals surface area contributed by atoms with E-state index in [9.17, 15) is 4.79 Å². The van der Waals surface area contributed by atoms with Crippen molar-refractivity contribution in [1.29, 1.82) is 0 Å². The molecule has 17 heavy (non-hydrogen) atoms. The van der Waals surface area contributed by atoms with Gasteiger partial charge in [-0.15, -0.1) is 0 Å². The predicted molar refractivity (Wildman–Crippen MR) is 65.4 cm³/mol. The van der Waals surface area contributed by atoms with Gasteiger partial charge in [-0.3, -0.25) is 9.69 Å². The molecule has 1 saturated heterocycles. The average molecular weight is 234 g/mol. The van der Waals surface area contributed by atoms with Crippen molar-refractivity contribution in [2.75, 3.05) is 13.1 Å². The van der Waals surface area contributed by atoms with Gasteiger partial charge in [-0.05, 0) is 12.5 Å². The molecule has 0 spiro atoms. The number of nitrogens with zero attached hydrogens (tertiary/aromatic N) is 1. The minimum absolute atomic E-state index is 0.0451. The lowest BCUT2D eigenvalue weighted by atomic mass is 9.80. The highest BCUT2D eigenvalue weighted by atomic mass is 16.4. The average Bonchev–Trinajstić information content (AvgIpc) is 2.23. The van der Waals surface area contributed by atoms with E-state index in [-0.39, 0.29) is 5.92 Å². The van der Waals surface area contributed by atoms with E-state index in [4.69, 9.17) is 10.8 Å². The van der Waals surface area contributed by atoms with E-state index < -0.39 is 11.5 Å². The van der Waals surface area contributed by atoms with Crippen LogP contribution in [0.3, 0.4) is 0 Å². The molecule has 1 aromatic rings. The molecular weight excluding hydrogens is 216 g/mol. The standard InChI is InChI=1S/C13H18N2O2/c1-13(14,12(16)17)11-8-15(9-11)7-10-5-3-2-4-6-10/h2-6,11H,7-9,14H2,1H3,(H,16,17). The first-order valence-electron chi connectivity index (χ1n) is 5.78. The summed E-state index contributed by atoms with van der Waals surface area (Å²) in [6.45, 7) is 3.98. The fourth-order valence-corrected chi connectivity index (χ4v) is 2.09. The summed E-state index contributed by atoms with van der Waals surface area (Å²) in [5.74, 6) is -0.870. The van der Waals surface area contributed by atoms with Crippen LogP contribution in [0.5, 0.6) is 0 Å². The van der Waals surface area contributed by atoms with Crippen LogP contribution in [0.15, 0.2) is 30.3 Å². The summed E-state index contributed by atoms with van der Waals surface area (Å²) in [5, 5.41) is 9.01. The van der Waals surface area contributed by atoms with Gasteiger partial charge in [-0.25, -0.2) is 0 Å². The van der Waals surface area contributed by atoms with E-state index >= 15 is 0 Å². The maximum Gasteiger partial charge on any atom is 0.323 e. The quantitative estimate of drug-likeness (QED) is 0.813. The number of hydrogen-bond donors (Lipinski definition) is 2. The maximum absolute atomic E-state index is 11.0. The number of carbonyl (C=O) groups is 1. The van der Waals surface area contributed by atoms with Crippen LogP contribution in [-0.4, -0.2) is 34.6 Å². The molecule has 4 heteroatoms. The molecule has 0 saturated carbocycles. The van der Waals surface area contributed by atoms with E-state index in [0.717, 1.165) is 19.6 Å². The Hall–Kier alpha value is -1.39. The maximum atomic E-state index is 11.0. The molecule has 1 aromatic carbocycles.